The van der Waals surface area contributed by atoms with Crippen LogP contribution in [0.15, 0.2) is 6.20 Å². The normalized spacial score (nSPS) is 14.8. The second kappa shape index (κ2) is 5.79. The van der Waals surface area contributed by atoms with Gasteiger partial charge in [-0.1, -0.05) is 5.21 Å². The van der Waals surface area contributed by atoms with E-state index in [1.807, 2.05) is 6.92 Å². The van der Waals surface area contributed by atoms with Crippen molar-refractivity contribution < 1.29 is 9.59 Å². The monoisotopic (exact) mass is 266 g/mol. The van der Waals surface area contributed by atoms with Crippen molar-refractivity contribution in [2.75, 3.05) is 33.2 Å². The number of likely N-dealkylation sites (N-methyl/N-ethyl adjacent to an activating group) is 2. The molecule has 0 bridgehead atoms. The molecule has 1 aliphatic heterocycles. The summed E-state index contributed by atoms with van der Waals surface area (Å²) in [7, 11) is 1.54. The highest BCUT2D eigenvalue weighted by atomic mass is 16.2. The van der Waals surface area contributed by atoms with Gasteiger partial charge >= 0.3 is 0 Å². The number of carbonyl (C=O) groups excluding carboxylic acids is 2. The summed E-state index contributed by atoms with van der Waals surface area (Å²) in [5, 5.41) is 13.5. The predicted molar refractivity (Wildman–Crippen MR) is 67.6 cm³/mol. The van der Waals surface area contributed by atoms with Crippen molar-refractivity contribution in [3.8, 4) is 0 Å². The Bertz CT molecular complexity index is 468. The van der Waals surface area contributed by atoms with Crippen molar-refractivity contribution in [3.63, 3.8) is 0 Å². The molecule has 0 saturated carbocycles. The van der Waals surface area contributed by atoms with Gasteiger partial charge in [0.1, 0.15) is 0 Å². The van der Waals surface area contributed by atoms with E-state index in [1.54, 1.807) is 17.9 Å². The Morgan fingerprint density at radius 1 is 1.58 bits per heavy atom. The van der Waals surface area contributed by atoms with E-state index < -0.39 is 0 Å². The SMILES string of the molecule is CCN(CC(=O)NC)C(=O)c1cn(C2CNC2)nn1. The maximum Gasteiger partial charge on any atom is 0.276 e. The molecule has 1 aliphatic rings. The van der Waals surface area contributed by atoms with Crippen molar-refractivity contribution >= 4 is 11.8 Å². The first-order valence-corrected chi connectivity index (χ1v) is 6.28. The molecule has 2 N–H and O–H groups in total. The fourth-order valence-electron chi connectivity index (χ4n) is 1.76. The van der Waals surface area contributed by atoms with Gasteiger partial charge in [0.05, 0.1) is 18.8 Å². The van der Waals surface area contributed by atoms with Crippen LogP contribution in [0.25, 0.3) is 0 Å². The van der Waals surface area contributed by atoms with Crippen LogP contribution < -0.4 is 10.6 Å². The molecule has 0 aliphatic carbocycles. The van der Waals surface area contributed by atoms with Crippen molar-refractivity contribution in [1.82, 2.24) is 30.5 Å². The topological polar surface area (TPSA) is 92.2 Å². The average Bonchev–Trinajstić information content (AvgIpc) is 2.81. The number of nitrogens with zero attached hydrogens (tertiary/aromatic N) is 4. The standard InChI is InChI=1S/C11H18N6O2/c1-3-16(7-10(18)12-2)11(19)9-6-17(15-14-9)8-4-13-5-8/h6,8,13H,3-5,7H2,1-2H3,(H,12,18). The molecule has 1 aromatic heterocycles. The lowest BCUT2D eigenvalue weighted by molar-refractivity contribution is -0.121. The number of nitrogens with one attached hydrogen (secondary N) is 2. The molecule has 2 rings (SSSR count). The van der Waals surface area contributed by atoms with Gasteiger partial charge in [-0.05, 0) is 6.92 Å². The number of rotatable bonds is 5. The fourth-order valence-corrected chi connectivity index (χ4v) is 1.76. The lowest BCUT2D eigenvalue weighted by Crippen LogP contribution is -2.43. The summed E-state index contributed by atoms with van der Waals surface area (Å²) in [6, 6.07) is 0.267. The minimum absolute atomic E-state index is 0.0314. The van der Waals surface area contributed by atoms with Gasteiger partial charge < -0.3 is 15.5 Å². The van der Waals surface area contributed by atoms with Crippen molar-refractivity contribution in [2.24, 2.45) is 0 Å². The highest BCUT2D eigenvalue weighted by molar-refractivity contribution is 5.94. The van der Waals surface area contributed by atoms with Gasteiger partial charge in [0, 0.05) is 26.7 Å². The van der Waals surface area contributed by atoms with E-state index >= 15 is 0 Å². The predicted octanol–water partition coefficient (Wildman–Crippen LogP) is -1.37. The molecular weight excluding hydrogens is 248 g/mol. The Balaban J connectivity index is 2.04. The summed E-state index contributed by atoms with van der Waals surface area (Å²) in [6.07, 6.45) is 1.64. The summed E-state index contributed by atoms with van der Waals surface area (Å²) >= 11 is 0. The molecule has 0 aromatic carbocycles. The van der Waals surface area contributed by atoms with Crippen LogP contribution in [0, 0.1) is 0 Å². The first kappa shape index (κ1) is 13.5. The Labute approximate surface area is 111 Å². The molecule has 19 heavy (non-hydrogen) atoms. The summed E-state index contributed by atoms with van der Waals surface area (Å²) in [4.78, 5) is 25.0. The third-order valence-electron chi connectivity index (χ3n) is 3.15. The van der Waals surface area contributed by atoms with Crippen LogP contribution in [0.4, 0.5) is 0 Å². The van der Waals surface area contributed by atoms with E-state index in [-0.39, 0.29) is 30.1 Å². The molecule has 104 valence electrons. The summed E-state index contributed by atoms with van der Waals surface area (Å²) in [6.45, 7) is 3.98. The lowest BCUT2D eigenvalue weighted by Gasteiger charge is -2.26. The van der Waals surface area contributed by atoms with Gasteiger partial charge in [0.2, 0.25) is 5.91 Å². The van der Waals surface area contributed by atoms with Crippen LogP contribution in [0.2, 0.25) is 0 Å². The van der Waals surface area contributed by atoms with Gasteiger partial charge in [-0.3, -0.25) is 9.59 Å². The quantitative estimate of drug-likeness (QED) is 0.686. The molecule has 2 amide bonds. The second-order valence-electron chi connectivity index (χ2n) is 4.39. The van der Waals surface area contributed by atoms with Crippen molar-refractivity contribution in [1.29, 1.82) is 0 Å². The molecule has 0 spiro atoms. The molecule has 1 saturated heterocycles. The van der Waals surface area contributed by atoms with E-state index in [4.69, 9.17) is 0 Å². The zero-order valence-corrected chi connectivity index (χ0v) is 11.1. The highest BCUT2D eigenvalue weighted by Gasteiger charge is 2.24. The Hall–Kier alpha value is -1.96. The smallest absolute Gasteiger partial charge is 0.276 e. The zero-order valence-electron chi connectivity index (χ0n) is 11.1. The van der Waals surface area contributed by atoms with E-state index in [2.05, 4.69) is 20.9 Å². The average molecular weight is 266 g/mol. The number of hydrogen-bond donors (Lipinski definition) is 2. The fraction of sp³-hybridized carbons (Fsp3) is 0.636. The van der Waals surface area contributed by atoms with Crippen LogP contribution in [0.5, 0.6) is 0 Å². The first-order valence-electron chi connectivity index (χ1n) is 6.28. The maximum atomic E-state index is 12.2. The number of hydrogen-bond acceptors (Lipinski definition) is 5. The van der Waals surface area contributed by atoms with Crippen LogP contribution in [0.1, 0.15) is 23.5 Å². The molecule has 0 atom stereocenters. The molecule has 0 radical (unpaired) electrons. The number of carbonyl (C=O) groups is 2. The van der Waals surface area contributed by atoms with Gasteiger partial charge in [-0.2, -0.15) is 0 Å². The number of aromatic nitrogens is 3. The largest absolute Gasteiger partial charge is 0.358 e. The van der Waals surface area contributed by atoms with Gasteiger partial charge in [0.15, 0.2) is 5.69 Å². The Kier molecular flexibility index (Phi) is 4.10. The summed E-state index contributed by atoms with van der Waals surface area (Å²) < 4.78 is 1.69. The number of amides is 2. The van der Waals surface area contributed by atoms with E-state index in [1.165, 1.54) is 4.90 Å². The van der Waals surface area contributed by atoms with Gasteiger partial charge in [-0.25, -0.2) is 4.68 Å². The highest BCUT2D eigenvalue weighted by Crippen LogP contribution is 2.10. The molecule has 0 unspecified atom stereocenters. The van der Waals surface area contributed by atoms with Gasteiger partial charge in [0.25, 0.3) is 5.91 Å². The van der Waals surface area contributed by atoms with Crippen LogP contribution >= 0.6 is 0 Å². The van der Waals surface area contributed by atoms with E-state index in [9.17, 15) is 9.59 Å². The minimum atomic E-state index is -0.273. The third-order valence-corrected chi connectivity index (χ3v) is 3.15. The van der Waals surface area contributed by atoms with Crippen LogP contribution in [-0.4, -0.2) is 64.9 Å². The van der Waals surface area contributed by atoms with Gasteiger partial charge in [-0.15, -0.1) is 5.10 Å². The van der Waals surface area contributed by atoms with Crippen LogP contribution in [0.3, 0.4) is 0 Å². The van der Waals surface area contributed by atoms with E-state index in [0.29, 0.717) is 6.54 Å². The Morgan fingerprint density at radius 3 is 2.84 bits per heavy atom. The minimum Gasteiger partial charge on any atom is -0.358 e. The summed E-state index contributed by atoms with van der Waals surface area (Å²) in [5.74, 6) is -0.476. The molecule has 1 aromatic rings. The Morgan fingerprint density at radius 2 is 2.32 bits per heavy atom. The molecule has 1 fully saturated rings. The maximum absolute atomic E-state index is 12.2. The van der Waals surface area contributed by atoms with Crippen molar-refractivity contribution in [3.05, 3.63) is 11.9 Å². The summed E-state index contributed by atoms with van der Waals surface area (Å²) in [5.41, 5.74) is 0.276. The van der Waals surface area contributed by atoms with E-state index in [0.717, 1.165) is 13.1 Å². The molecule has 8 nitrogen and oxygen atoms in total. The molecule has 8 heteroatoms. The van der Waals surface area contributed by atoms with Crippen molar-refractivity contribution in [2.45, 2.75) is 13.0 Å². The third kappa shape index (κ3) is 2.90. The lowest BCUT2D eigenvalue weighted by atomic mass is 10.2. The first-order chi connectivity index (χ1) is 9.15. The second-order valence-corrected chi connectivity index (χ2v) is 4.39. The molecular formula is C11H18N6O2. The zero-order chi connectivity index (χ0) is 13.8. The molecule has 2 heterocycles. The van der Waals surface area contributed by atoms with Crippen LogP contribution in [-0.2, 0) is 4.79 Å².